The van der Waals surface area contributed by atoms with Crippen LogP contribution in [0.15, 0.2) is 115 Å². The van der Waals surface area contributed by atoms with Crippen LogP contribution in [0.5, 0.6) is 0 Å². The Balaban J connectivity index is 1.70. The Morgan fingerprint density at radius 1 is 0.444 bits per heavy atom. The molecule has 4 rings (SSSR count). The number of para-hydroxylation sites is 2. The van der Waals surface area contributed by atoms with Gasteiger partial charge in [-0.1, -0.05) is 59.2 Å². The second-order valence-corrected chi connectivity index (χ2v) is 7.77. The Labute approximate surface area is 160 Å². The van der Waals surface area contributed by atoms with E-state index in [1.807, 2.05) is 91.0 Å². The summed E-state index contributed by atoms with van der Waals surface area (Å²) in [6, 6.07) is 38.1. The fraction of sp³-hybridized carbons (Fsp3) is 0. The van der Waals surface area contributed by atoms with E-state index >= 15 is 0 Å². The van der Waals surface area contributed by atoms with Gasteiger partial charge in [0, 0.05) is 17.1 Å². The van der Waals surface area contributed by atoms with Crippen molar-refractivity contribution in [1.29, 1.82) is 0 Å². The molecule has 130 valence electrons. The fourth-order valence-corrected chi connectivity index (χ4v) is 4.21. The monoisotopic (exact) mass is 368 g/mol. The summed E-state index contributed by atoms with van der Waals surface area (Å²) in [5, 5.41) is 1.68. The Morgan fingerprint density at radius 2 is 0.815 bits per heavy atom. The van der Waals surface area contributed by atoms with Gasteiger partial charge in [0.25, 0.3) is 0 Å². The molecule has 0 bridgehead atoms. The number of nitrogens with zero attached hydrogens (tertiary/aromatic N) is 1. The third-order valence-corrected chi connectivity index (χ3v) is 5.90. The molecule has 1 atom stereocenters. The van der Waals surface area contributed by atoms with Crippen molar-refractivity contribution >= 4 is 35.5 Å². The van der Waals surface area contributed by atoms with Crippen LogP contribution in [0.4, 0.5) is 17.1 Å². The van der Waals surface area contributed by atoms with Gasteiger partial charge < -0.3 is 4.90 Å². The Hall–Kier alpha value is -3.22. The minimum atomic E-state index is -1.58. The van der Waals surface area contributed by atoms with Crippen molar-refractivity contribution in [2.45, 2.75) is 0 Å². The highest BCUT2D eigenvalue weighted by atomic mass is 31.1. The average Bonchev–Trinajstić information content (AvgIpc) is 2.76. The minimum Gasteiger partial charge on any atom is -0.311 e. The second kappa shape index (κ2) is 7.99. The predicted octanol–water partition coefficient (Wildman–Crippen LogP) is 5.93. The lowest BCUT2D eigenvalue weighted by Gasteiger charge is -2.25. The van der Waals surface area contributed by atoms with Crippen LogP contribution in [-0.4, -0.2) is 0 Å². The summed E-state index contributed by atoms with van der Waals surface area (Å²) in [5.41, 5.74) is 3.21. The number of hydrogen-bond donors (Lipinski definition) is 0. The highest BCUT2D eigenvalue weighted by molar-refractivity contribution is 7.61. The maximum Gasteiger partial charge on any atom is 0.415 e. The Morgan fingerprint density at radius 3 is 1.30 bits per heavy atom. The summed E-state index contributed by atoms with van der Waals surface area (Å²) in [6.45, 7) is 0. The normalized spacial score (nSPS) is 11.0. The van der Waals surface area contributed by atoms with Crippen LogP contribution in [0.25, 0.3) is 0 Å². The number of anilines is 3. The maximum atomic E-state index is 12.8. The van der Waals surface area contributed by atoms with Crippen LogP contribution in [0, 0.1) is 0 Å². The van der Waals surface area contributed by atoms with E-state index in [0.29, 0.717) is 0 Å². The summed E-state index contributed by atoms with van der Waals surface area (Å²) in [5.74, 6) is 0. The van der Waals surface area contributed by atoms with E-state index in [9.17, 15) is 4.57 Å². The van der Waals surface area contributed by atoms with Crippen molar-refractivity contribution in [3.05, 3.63) is 115 Å². The van der Waals surface area contributed by atoms with E-state index < -0.39 is 7.80 Å². The average molecular weight is 368 g/mol. The van der Waals surface area contributed by atoms with Gasteiger partial charge in [0.05, 0.1) is 0 Å². The van der Waals surface area contributed by atoms with Gasteiger partial charge in [-0.25, -0.2) is 0 Å². The van der Waals surface area contributed by atoms with Gasteiger partial charge in [0.2, 0.25) is 0 Å². The molecule has 3 heteroatoms. The van der Waals surface area contributed by atoms with Crippen LogP contribution in [0.1, 0.15) is 0 Å². The molecule has 0 aliphatic rings. The predicted molar refractivity (Wildman–Crippen MR) is 114 cm³/mol. The molecule has 2 nitrogen and oxygen atoms in total. The molecule has 4 aromatic carbocycles. The van der Waals surface area contributed by atoms with E-state index in [4.69, 9.17) is 0 Å². The summed E-state index contributed by atoms with van der Waals surface area (Å²) in [4.78, 5) is 2.19. The summed E-state index contributed by atoms with van der Waals surface area (Å²) < 4.78 is 12.8. The van der Waals surface area contributed by atoms with Crippen molar-refractivity contribution in [1.82, 2.24) is 0 Å². The number of rotatable bonds is 5. The molecule has 0 radical (unpaired) electrons. The van der Waals surface area contributed by atoms with E-state index in [1.54, 1.807) is 0 Å². The quantitative estimate of drug-likeness (QED) is 0.407. The van der Waals surface area contributed by atoms with Crippen molar-refractivity contribution < 1.29 is 4.57 Å². The zero-order chi connectivity index (χ0) is 18.5. The number of hydrogen-bond acceptors (Lipinski definition) is 2. The molecule has 1 unspecified atom stereocenters. The van der Waals surface area contributed by atoms with E-state index in [1.165, 1.54) is 0 Å². The zero-order valence-corrected chi connectivity index (χ0v) is 15.7. The maximum absolute atomic E-state index is 12.8. The first-order chi connectivity index (χ1) is 13.3. The highest BCUT2D eigenvalue weighted by Crippen LogP contribution is 2.34. The third-order valence-electron chi connectivity index (χ3n) is 4.36. The lowest BCUT2D eigenvalue weighted by atomic mass is 10.2. The van der Waals surface area contributed by atoms with E-state index in [-0.39, 0.29) is 0 Å². The molecule has 0 aliphatic heterocycles. The molecular weight excluding hydrogens is 349 g/mol. The van der Waals surface area contributed by atoms with Crippen LogP contribution in [0.3, 0.4) is 0 Å². The van der Waals surface area contributed by atoms with Gasteiger partial charge >= 0.3 is 7.80 Å². The topological polar surface area (TPSA) is 20.3 Å². The zero-order valence-electron chi connectivity index (χ0n) is 14.8. The largest absolute Gasteiger partial charge is 0.415 e. The molecule has 0 aliphatic carbocycles. The summed E-state index contributed by atoms with van der Waals surface area (Å²) in [6.07, 6.45) is 0. The minimum absolute atomic E-state index is 0.834. The van der Waals surface area contributed by atoms with E-state index in [0.717, 1.165) is 27.7 Å². The molecular formula is C24H19NOP+. The SMILES string of the molecule is O=[P+](c1ccccc1)c1ccc(N(c2ccccc2)c2ccccc2)cc1. The lowest BCUT2D eigenvalue weighted by Crippen LogP contribution is -2.11. The first kappa shape index (κ1) is 17.2. The van der Waals surface area contributed by atoms with Crippen molar-refractivity contribution in [3.8, 4) is 0 Å². The molecule has 27 heavy (non-hydrogen) atoms. The summed E-state index contributed by atoms with van der Waals surface area (Å²) >= 11 is 0. The molecule has 0 spiro atoms. The van der Waals surface area contributed by atoms with Gasteiger partial charge in [0.15, 0.2) is 10.6 Å². The third kappa shape index (κ3) is 3.81. The molecule has 4 aromatic rings. The van der Waals surface area contributed by atoms with E-state index in [2.05, 4.69) is 29.2 Å². The Kier molecular flexibility index (Phi) is 5.09. The first-order valence-corrected chi connectivity index (χ1v) is 10.1. The molecule has 0 aromatic heterocycles. The van der Waals surface area contributed by atoms with Gasteiger partial charge in [-0.2, -0.15) is 0 Å². The van der Waals surface area contributed by atoms with Crippen LogP contribution in [-0.2, 0) is 4.57 Å². The lowest BCUT2D eigenvalue weighted by molar-refractivity contribution is 0.598. The molecule has 0 fully saturated rings. The fourth-order valence-electron chi connectivity index (χ4n) is 3.05. The highest BCUT2D eigenvalue weighted by Gasteiger charge is 2.23. The van der Waals surface area contributed by atoms with Gasteiger partial charge in [-0.15, -0.1) is 0 Å². The molecule has 0 N–H and O–H groups in total. The van der Waals surface area contributed by atoms with Crippen molar-refractivity contribution in [2.24, 2.45) is 0 Å². The first-order valence-electron chi connectivity index (χ1n) is 8.85. The molecule has 0 heterocycles. The molecule has 0 saturated heterocycles. The van der Waals surface area contributed by atoms with Crippen LogP contribution in [0.2, 0.25) is 0 Å². The summed E-state index contributed by atoms with van der Waals surface area (Å²) in [7, 11) is -1.58. The van der Waals surface area contributed by atoms with Gasteiger partial charge in [-0.05, 0) is 60.7 Å². The Bertz CT molecular complexity index is 977. The smallest absolute Gasteiger partial charge is 0.311 e. The van der Waals surface area contributed by atoms with Crippen molar-refractivity contribution in [3.63, 3.8) is 0 Å². The van der Waals surface area contributed by atoms with Crippen LogP contribution >= 0.6 is 7.80 Å². The van der Waals surface area contributed by atoms with Crippen LogP contribution < -0.4 is 15.5 Å². The van der Waals surface area contributed by atoms with Gasteiger partial charge in [-0.3, -0.25) is 0 Å². The second-order valence-electron chi connectivity index (χ2n) is 6.15. The van der Waals surface area contributed by atoms with Crippen molar-refractivity contribution in [2.75, 3.05) is 4.90 Å². The number of benzene rings is 4. The standard InChI is InChI=1S/C24H19NOP/c26-27(23-14-8-3-9-15-23)24-18-16-22(17-19-24)25(20-10-4-1-5-11-20)21-12-6-2-7-13-21/h1-19H/q+1. The molecule has 0 amide bonds. The molecule has 0 saturated carbocycles. The van der Waals surface area contributed by atoms with Gasteiger partial charge in [0.1, 0.15) is 0 Å².